The molecule has 0 radical (unpaired) electrons. The lowest BCUT2D eigenvalue weighted by atomic mass is 9.92. The Hall–Kier alpha value is -2.15. The molecule has 1 aliphatic rings. The number of alkyl carbamates (subject to hydrolysis) is 1. The van der Waals surface area contributed by atoms with Crippen molar-refractivity contribution in [1.82, 2.24) is 5.32 Å². The maximum Gasteiger partial charge on any atom is 0.413 e. The van der Waals surface area contributed by atoms with Crippen LogP contribution in [0.2, 0.25) is 0 Å². The third-order valence-electron chi connectivity index (χ3n) is 3.22. The number of nitrogens with zero attached hydrogens (tertiary/aromatic N) is 1. The van der Waals surface area contributed by atoms with Gasteiger partial charge in [0.1, 0.15) is 29.4 Å². The smallest absolute Gasteiger partial charge is 0.413 e. The maximum absolute atomic E-state index is 14.1. The van der Waals surface area contributed by atoms with Gasteiger partial charge in [-0.3, -0.25) is 10.3 Å². The van der Waals surface area contributed by atoms with E-state index in [4.69, 9.17) is 15.2 Å². The monoisotopic (exact) mass is 323 g/mol. The Morgan fingerprint density at radius 1 is 1.48 bits per heavy atom. The van der Waals surface area contributed by atoms with E-state index >= 15 is 0 Å². The van der Waals surface area contributed by atoms with Crippen LogP contribution in [0.1, 0.15) is 33.3 Å². The number of amides is 1. The molecule has 0 fully saturated rings. The molecule has 23 heavy (non-hydrogen) atoms. The number of benzene rings is 1. The van der Waals surface area contributed by atoms with Gasteiger partial charge in [-0.25, -0.2) is 9.18 Å². The minimum atomic E-state index is -0.970. The molecule has 7 heteroatoms. The highest BCUT2D eigenvalue weighted by Gasteiger charge is 2.34. The molecule has 1 aromatic rings. The molecule has 0 aliphatic carbocycles. The van der Waals surface area contributed by atoms with Gasteiger partial charge >= 0.3 is 6.09 Å². The number of nitrogens with two attached hydrogens (primary N) is 1. The standard InChI is InChI=1S/C16H22FN3O3/c1-15(2,3)23-14(21)19-13-8-22-9-16(4,20-13)11-7-10(18)5-6-12(11)17/h5-7H,8-9,18H2,1-4H3,(H,19,20,21). The Morgan fingerprint density at radius 3 is 2.83 bits per heavy atom. The summed E-state index contributed by atoms with van der Waals surface area (Å²) >= 11 is 0. The van der Waals surface area contributed by atoms with E-state index in [1.165, 1.54) is 18.2 Å². The van der Waals surface area contributed by atoms with Crippen LogP contribution in [0.5, 0.6) is 0 Å². The summed E-state index contributed by atoms with van der Waals surface area (Å²) in [7, 11) is 0. The summed E-state index contributed by atoms with van der Waals surface area (Å²) in [6, 6.07) is 4.30. The molecule has 0 saturated heterocycles. The zero-order valence-electron chi connectivity index (χ0n) is 13.8. The lowest BCUT2D eigenvalue weighted by molar-refractivity contribution is 0.0543. The summed E-state index contributed by atoms with van der Waals surface area (Å²) in [6.45, 7) is 7.32. The molecule has 6 nitrogen and oxygen atoms in total. The summed E-state index contributed by atoms with van der Waals surface area (Å²) in [6.07, 6.45) is -0.628. The van der Waals surface area contributed by atoms with Crippen molar-refractivity contribution in [3.8, 4) is 0 Å². The first-order valence-electron chi connectivity index (χ1n) is 7.31. The van der Waals surface area contributed by atoms with E-state index in [-0.39, 0.29) is 19.0 Å². The van der Waals surface area contributed by atoms with Crippen LogP contribution in [-0.4, -0.2) is 30.7 Å². The molecule has 2 rings (SSSR count). The highest BCUT2D eigenvalue weighted by atomic mass is 19.1. The van der Waals surface area contributed by atoms with Crippen LogP contribution < -0.4 is 11.1 Å². The SMILES string of the molecule is CC(C)(C)OC(=O)NC1=NC(C)(c2cc(N)ccc2F)COC1. The number of anilines is 1. The van der Waals surface area contributed by atoms with Crippen molar-refractivity contribution < 1.29 is 18.7 Å². The lowest BCUT2D eigenvalue weighted by Crippen LogP contribution is -2.44. The first-order valence-corrected chi connectivity index (χ1v) is 7.31. The number of hydrogen-bond donors (Lipinski definition) is 2. The van der Waals surface area contributed by atoms with Gasteiger partial charge in [0.15, 0.2) is 0 Å². The Morgan fingerprint density at radius 2 is 2.17 bits per heavy atom. The van der Waals surface area contributed by atoms with Crippen LogP contribution in [0.25, 0.3) is 0 Å². The van der Waals surface area contributed by atoms with Crippen LogP contribution in [0.15, 0.2) is 23.2 Å². The number of nitrogen functional groups attached to an aromatic ring is 1. The molecule has 0 saturated carbocycles. The minimum absolute atomic E-state index is 0.124. The largest absolute Gasteiger partial charge is 0.444 e. The van der Waals surface area contributed by atoms with Crippen molar-refractivity contribution in [2.24, 2.45) is 4.99 Å². The van der Waals surface area contributed by atoms with Gasteiger partial charge in [-0.05, 0) is 45.9 Å². The number of halogens is 1. The van der Waals surface area contributed by atoms with Gasteiger partial charge in [0, 0.05) is 11.3 Å². The van der Waals surface area contributed by atoms with E-state index in [1.54, 1.807) is 27.7 Å². The molecule has 126 valence electrons. The molecular weight excluding hydrogens is 301 g/mol. The Labute approximate surface area is 134 Å². The van der Waals surface area contributed by atoms with Gasteiger partial charge in [0.05, 0.1) is 6.61 Å². The first-order chi connectivity index (χ1) is 10.6. The molecule has 3 N–H and O–H groups in total. The second kappa shape index (κ2) is 6.16. The van der Waals surface area contributed by atoms with E-state index in [0.717, 1.165) is 0 Å². The Bertz CT molecular complexity index is 640. The van der Waals surface area contributed by atoms with Crippen LogP contribution in [0.3, 0.4) is 0 Å². The summed E-state index contributed by atoms with van der Waals surface area (Å²) in [5, 5.41) is 2.54. The lowest BCUT2D eigenvalue weighted by Gasteiger charge is -2.31. The third-order valence-corrected chi connectivity index (χ3v) is 3.22. The molecular formula is C16H22FN3O3. The molecule has 1 aromatic carbocycles. The number of amidine groups is 1. The molecule has 1 amide bonds. The normalized spacial score (nSPS) is 21.5. The highest BCUT2D eigenvalue weighted by molar-refractivity contribution is 5.96. The van der Waals surface area contributed by atoms with Gasteiger partial charge in [-0.1, -0.05) is 0 Å². The molecule has 1 heterocycles. The number of carbonyl (C=O) groups excluding carboxylic acids is 1. The summed E-state index contributed by atoms with van der Waals surface area (Å²) in [5.41, 5.74) is 4.90. The topological polar surface area (TPSA) is 85.9 Å². The minimum Gasteiger partial charge on any atom is -0.444 e. The Kier molecular flexibility index (Phi) is 4.61. The quantitative estimate of drug-likeness (QED) is 0.778. The van der Waals surface area contributed by atoms with Gasteiger partial charge in [-0.15, -0.1) is 0 Å². The van der Waals surface area contributed by atoms with E-state index in [0.29, 0.717) is 11.3 Å². The zero-order valence-corrected chi connectivity index (χ0v) is 13.8. The van der Waals surface area contributed by atoms with Crippen LogP contribution in [-0.2, 0) is 15.0 Å². The number of carbonyl (C=O) groups is 1. The molecule has 0 spiro atoms. The Balaban J connectivity index is 2.23. The predicted octanol–water partition coefficient (Wildman–Crippen LogP) is 2.58. The zero-order chi connectivity index (χ0) is 17.3. The third kappa shape index (κ3) is 4.41. The van der Waals surface area contributed by atoms with Crippen molar-refractivity contribution in [3.05, 3.63) is 29.6 Å². The van der Waals surface area contributed by atoms with E-state index in [9.17, 15) is 9.18 Å². The number of rotatable bonds is 1. The van der Waals surface area contributed by atoms with Crippen LogP contribution in [0, 0.1) is 5.82 Å². The van der Waals surface area contributed by atoms with Gasteiger partial charge in [-0.2, -0.15) is 0 Å². The number of aliphatic imine (C=N–C) groups is 1. The van der Waals surface area contributed by atoms with Gasteiger partial charge in [0.25, 0.3) is 0 Å². The molecule has 1 aliphatic heterocycles. The van der Waals surface area contributed by atoms with Gasteiger partial charge < -0.3 is 15.2 Å². The summed E-state index contributed by atoms with van der Waals surface area (Å²) in [5.74, 6) is -0.137. The first kappa shape index (κ1) is 17.2. The highest BCUT2D eigenvalue weighted by Crippen LogP contribution is 2.31. The van der Waals surface area contributed by atoms with Crippen molar-refractivity contribution in [2.45, 2.75) is 38.8 Å². The molecule has 0 aromatic heterocycles. The van der Waals surface area contributed by atoms with E-state index in [1.807, 2.05) is 0 Å². The number of ether oxygens (including phenoxy) is 2. The fraction of sp³-hybridized carbons (Fsp3) is 0.500. The number of nitrogens with one attached hydrogen (secondary N) is 1. The van der Waals surface area contributed by atoms with Crippen molar-refractivity contribution in [2.75, 3.05) is 18.9 Å². The van der Waals surface area contributed by atoms with E-state index < -0.39 is 23.1 Å². The van der Waals surface area contributed by atoms with Crippen molar-refractivity contribution >= 4 is 17.6 Å². The second-order valence-electron chi connectivity index (χ2n) is 6.69. The van der Waals surface area contributed by atoms with E-state index in [2.05, 4.69) is 10.3 Å². The van der Waals surface area contributed by atoms with Gasteiger partial charge in [0.2, 0.25) is 0 Å². The second-order valence-corrected chi connectivity index (χ2v) is 6.69. The summed E-state index contributed by atoms with van der Waals surface area (Å²) in [4.78, 5) is 16.3. The maximum atomic E-state index is 14.1. The summed E-state index contributed by atoms with van der Waals surface area (Å²) < 4.78 is 24.8. The predicted molar refractivity (Wildman–Crippen MR) is 85.8 cm³/mol. The number of hydrogen-bond acceptors (Lipinski definition) is 5. The van der Waals surface area contributed by atoms with Crippen LogP contribution in [0.4, 0.5) is 14.9 Å². The fourth-order valence-electron chi connectivity index (χ4n) is 2.29. The fourth-order valence-corrected chi connectivity index (χ4v) is 2.29. The average molecular weight is 323 g/mol. The average Bonchev–Trinajstić information content (AvgIpc) is 2.39. The molecule has 1 unspecified atom stereocenters. The molecule has 1 atom stereocenters. The van der Waals surface area contributed by atoms with Crippen molar-refractivity contribution in [1.29, 1.82) is 0 Å². The molecule has 0 bridgehead atoms. The van der Waals surface area contributed by atoms with Crippen LogP contribution >= 0.6 is 0 Å². The van der Waals surface area contributed by atoms with Crippen molar-refractivity contribution in [3.63, 3.8) is 0 Å².